The second-order valence-electron chi connectivity index (χ2n) is 6.98. The Hall–Kier alpha value is -3.02. The number of nitrogens with zero attached hydrogens (tertiary/aromatic N) is 2. The van der Waals surface area contributed by atoms with Gasteiger partial charge in [-0.25, -0.2) is 4.98 Å². The third kappa shape index (κ3) is 5.37. The molecule has 0 bridgehead atoms. The number of aromatic nitrogens is 2. The van der Waals surface area contributed by atoms with Crippen molar-refractivity contribution in [1.29, 1.82) is 0 Å². The molecule has 0 unspecified atom stereocenters. The number of para-hydroxylation sites is 2. The molecule has 3 aromatic carbocycles. The molecule has 1 heterocycles. The average Bonchev–Trinajstić information content (AvgIpc) is 3.13. The van der Waals surface area contributed by atoms with E-state index < -0.39 is 0 Å². The van der Waals surface area contributed by atoms with E-state index in [0.29, 0.717) is 41.7 Å². The second kappa shape index (κ2) is 9.86. The third-order valence-corrected chi connectivity index (χ3v) is 5.38. The monoisotopic (exact) mass is 453 g/mol. The highest BCUT2D eigenvalue weighted by molar-refractivity contribution is 6.30. The van der Waals surface area contributed by atoms with Crippen molar-refractivity contribution in [3.05, 3.63) is 94.2 Å². The number of rotatable bonds is 8. The quantitative estimate of drug-likeness (QED) is 0.388. The van der Waals surface area contributed by atoms with Crippen LogP contribution in [0.3, 0.4) is 0 Å². The number of hydrogen-bond acceptors (Lipinski definition) is 3. The Bertz CT molecular complexity index is 1170. The maximum absolute atomic E-state index is 12.3. The van der Waals surface area contributed by atoms with Gasteiger partial charge < -0.3 is 14.6 Å². The van der Waals surface area contributed by atoms with Gasteiger partial charge in [0.05, 0.1) is 17.6 Å². The minimum Gasteiger partial charge on any atom is -0.492 e. The molecular formula is C24H21Cl2N3O2. The van der Waals surface area contributed by atoms with Gasteiger partial charge in [-0.15, -0.1) is 0 Å². The third-order valence-electron chi connectivity index (χ3n) is 4.87. The van der Waals surface area contributed by atoms with Crippen LogP contribution in [0.2, 0.25) is 10.0 Å². The molecule has 4 rings (SSSR count). The van der Waals surface area contributed by atoms with E-state index in [1.165, 1.54) is 0 Å². The second-order valence-corrected chi connectivity index (χ2v) is 7.86. The van der Waals surface area contributed by atoms with E-state index >= 15 is 0 Å². The van der Waals surface area contributed by atoms with Crippen LogP contribution in [0.1, 0.15) is 16.2 Å². The van der Waals surface area contributed by atoms with E-state index in [4.69, 9.17) is 32.9 Å². The van der Waals surface area contributed by atoms with E-state index in [1.54, 1.807) is 36.4 Å². The zero-order valence-corrected chi connectivity index (χ0v) is 18.2. The molecule has 0 fully saturated rings. The normalized spacial score (nSPS) is 10.9. The fourth-order valence-corrected chi connectivity index (χ4v) is 3.59. The maximum Gasteiger partial charge on any atom is 0.251 e. The van der Waals surface area contributed by atoms with Gasteiger partial charge in [0.1, 0.15) is 18.2 Å². The topological polar surface area (TPSA) is 56.2 Å². The van der Waals surface area contributed by atoms with Crippen LogP contribution in [0.4, 0.5) is 0 Å². The first-order valence-electron chi connectivity index (χ1n) is 9.96. The summed E-state index contributed by atoms with van der Waals surface area (Å²) in [4.78, 5) is 17.1. The molecule has 0 aliphatic rings. The highest BCUT2D eigenvalue weighted by Gasteiger charge is 2.12. The summed E-state index contributed by atoms with van der Waals surface area (Å²) < 4.78 is 8.00. The first-order chi connectivity index (χ1) is 15.1. The van der Waals surface area contributed by atoms with Crippen molar-refractivity contribution >= 4 is 40.1 Å². The van der Waals surface area contributed by atoms with Gasteiger partial charge in [0, 0.05) is 28.6 Å². The zero-order valence-electron chi connectivity index (χ0n) is 16.7. The van der Waals surface area contributed by atoms with Crippen LogP contribution in [0, 0.1) is 0 Å². The zero-order chi connectivity index (χ0) is 21.6. The van der Waals surface area contributed by atoms with E-state index in [1.807, 2.05) is 36.4 Å². The lowest BCUT2D eigenvalue weighted by atomic mass is 10.2. The van der Waals surface area contributed by atoms with E-state index in [0.717, 1.165) is 22.6 Å². The van der Waals surface area contributed by atoms with Crippen molar-refractivity contribution in [3.63, 3.8) is 0 Å². The summed E-state index contributed by atoms with van der Waals surface area (Å²) in [6.45, 7) is 1.61. The summed E-state index contributed by atoms with van der Waals surface area (Å²) in [5.74, 6) is 1.54. The molecule has 0 saturated heterocycles. The van der Waals surface area contributed by atoms with Gasteiger partial charge in [0.2, 0.25) is 0 Å². The molecule has 0 spiro atoms. The lowest BCUT2D eigenvalue weighted by Crippen LogP contribution is -2.26. The lowest BCUT2D eigenvalue weighted by molar-refractivity contribution is 0.0954. The highest BCUT2D eigenvalue weighted by Crippen LogP contribution is 2.18. The Balaban J connectivity index is 1.41. The largest absolute Gasteiger partial charge is 0.492 e. The fraction of sp³-hybridized carbons (Fsp3) is 0.167. The molecule has 0 aliphatic heterocycles. The Morgan fingerprint density at radius 3 is 2.35 bits per heavy atom. The van der Waals surface area contributed by atoms with Crippen LogP contribution in [-0.4, -0.2) is 28.6 Å². The van der Waals surface area contributed by atoms with Crippen LogP contribution >= 0.6 is 23.2 Å². The molecule has 31 heavy (non-hydrogen) atoms. The molecule has 1 aromatic heterocycles. The van der Waals surface area contributed by atoms with Gasteiger partial charge in [0.15, 0.2) is 0 Å². The molecule has 0 atom stereocenters. The number of carbonyl (C=O) groups excluding carboxylic acids is 1. The number of nitrogens with one attached hydrogen (secondary N) is 1. The first kappa shape index (κ1) is 21.2. The minimum absolute atomic E-state index is 0.134. The van der Waals surface area contributed by atoms with Crippen LogP contribution < -0.4 is 10.1 Å². The Kier molecular flexibility index (Phi) is 6.75. The van der Waals surface area contributed by atoms with Gasteiger partial charge in [-0.3, -0.25) is 4.79 Å². The fourth-order valence-electron chi connectivity index (χ4n) is 3.34. The molecule has 0 radical (unpaired) electrons. The molecule has 0 aliphatic carbocycles. The van der Waals surface area contributed by atoms with Crippen molar-refractivity contribution in [3.8, 4) is 5.75 Å². The summed E-state index contributed by atoms with van der Waals surface area (Å²) in [5.41, 5.74) is 2.54. The summed E-state index contributed by atoms with van der Waals surface area (Å²) in [6.07, 6.45) is 0.606. The summed E-state index contributed by atoms with van der Waals surface area (Å²) in [5, 5.41) is 4.23. The SMILES string of the molecule is O=C(NCCc1nc2ccccc2n1CCOc1ccc(Cl)cc1)c1ccc(Cl)cc1. The number of halogens is 2. The highest BCUT2D eigenvalue weighted by atomic mass is 35.5. The number of fused-ring (bicyclic) bond motifs is 1. The number of carbonyl (C=O) groups is 1. The summed E-state index contributed by atoms with van der Waals surface area (Å²) in [7, 11) is 0. The van der Waals surface area contributed by atoms with Crippen molar-refractivity contribution in [2.24, 2.45) is 0 Å². The summed E-state index contributed by atoms with van der Waals surface area (Å²) >= 11 is 11.8. The van der Waals surface area contributed by atoms with Crippen LogP contribution in [0.15, 0.2) is 72.8 Å². The smallest absolute Gasteiger partial charge is 0.251 e. The molecule has 1 amide bonds. The van der Waals surface area contributed by atoms with E-state index in [-0.39, 0.29) is 5.91 Å². The van der Waals surface area contributed by atoms with Crippen LogP contribution in [-0.2, 0) is 13.0 Å². The number of imidazole rings is 1. The molecule has 158 valence electrons. The van der Waals surface area contributed by atoms with Gasteiger partial charge in [-0.1, -0.05) is 35.3 Å². The predicted molar refractivity (Wildman–Crippen MR) is 124 cm³/mol. The van der Waals surface area contributed by atoms with E-state index in [9.17, 15) is 4.79 Å². The average molecular weight is 454 g/mol. The number of ether oxygens (including phenoxy) is 1. The molecule has 1 N–H and O–H groups in total. The van der Waals surface area contributed by atoms with Gasteiger partial charge in [0.25, 0.3) is 5.91 Å². The molecule has 5 nitrogen and oxygen atoms in total. The molecule has 7 heteroatoms. The number of amides is 1. The van der Waals surface area contributed by atoms with Gasteiger partial charge in [-0.2, -0.15) is 0 Å². The minimum atomic E-state index is -0.134. The van der Waals surface area contributed by atoms with Crippen molar-refractivity contribution in [2.75, 3.05) is 13.2 Å². The lowest BCUT2D eigenvalue weighted by Gasteiger charge is -2.11. The van der Waals surface area contributed by atoms with Gasteiger partial charge in [-0.05, 0) is 60.7 Å². The van der Waals surface area contributed by atoms with Crippen LogP contribution in [0.5, 0.6) is 5.75 Å². The number of hydrogen-bond donors (Lipinski definition) is 1. The first-order valence-corrected chi connectivity index (χ1v) is 10.7. The molecular weight excluding hydrogens is 433 g/mol. The predicted octanol–water partition coefficient (Wildman–Crippen LogP) is 5.39. The Labute approximate surface area is 190 Å². The Morgan fingerprint density at radius 1 is 0.935 bits per heavy atom. The molecule has 0 saturated carbocycles. The standard InChI is InChI=1S/C24H21Cl2N3O2/c25-18-7-5-17(6-8-18)24(30)27-14-13-23-28-21-3-1-2-4-22(21)29(23)15-16-31-20-11-9-19(26)10-12-20/h1-12H,13-16H2,(H,27,30). The number of benzene rings is 3. The van der Waals surface area contributed by atoms with Crippen molar-refractivity contribution in [2.45, 2.75) is 13.0 Å². The molecule has 4 aromatic rings. The van der Waals surface area contributed by atoms with Gasteiger partial charge >= 0.3 is 0 Å². The summed E-state index contributed by atoms with van der Waals surface area (Å²) in [6, 6.07) is 22.1. The van der Waals surface area contributed by atoms with E-state index in [2.05, 4.69) is 9.88 Å². The van der Waals surface area contributed by atoms with Crippen molar-refractivity contribution < 1.29 is 9.53 Å². The Morgan fingerprint density at radius 2 is 1.61 bits per heavy atom. The maximum atomic E-state index is 12.3. The van der Waals surface area contributed by atoms with Crippen LogP contribution in [0.25, 0.3) is 11.0 Å². The van der Waals surface area contributed by atoms with Crippen molar-refractivity contribution in [1.82, 2.24) is 14.9 Å².